The highest BCUT2D eigenvalue weighted by molar-refractivity contribution is 5.87. The van der Waals surface area contributed by atoms with Crippen molar-refractivity contribution < 1.29 is 18.4 Å². The van der Waals surface area contributed by atoms with Crippen LogP contribution in [-0.2, 0) is 9.63 Å². The van der Waals surface area contributed by atoms with Gasteiger partial charge in [0.2, 0.25) is 0 Å². The molecule has 0 unspecified atom stereocenters. The number of para-hydroxylation sites is 1. The molecule has 2 aromatic rings. The second-order valence-electron chi connectivity index (χ2n) is 3.86. The van der Waals surface area contributed by atoms with Crippen molar-refractivity contribution in [3.8, 4) is 0 Å². The Balaban J connectivity index is 1.96. The number of hydrogen-bond acceptors (Lipinski definition) is 3. The normalized spacial score (nSPS) is 10.5. The second-order valence-corrected chi connectivity index (χ2v) is 3.86. The molecule has 0 amide bonds. The number of anilines is 1. The van der Waals surface area contributed by atoms with Crippen molar-refractivity contribution >= 4 is 17.7 Å². The van der Waals surface area contributed by atoms with E-state index < -0.39 is 17.6 Å². The Hall–Kier alpha value is -2.69. The highest BCUT2D eigenvalue weighted by Crippen LogP contribution is 2.13. The summed E-state index contributed by atoms with van der Waals surface area (Å²) in [5.41, 5.74) is 2.72. The molecular weight excluding hydrogens is 264 g/mol. The smallest absolute Gasteiger partial charge is 0.339 e. The first-order valence-electron chi connectivity index (χ1n) is 5.81. The van der Waals surface area contributed by atoms with Crippen LogP contribution in [0.2, 0.25) is 0 Å². The summed E-state index contributed by atoms with van der Waals surface area (Å²) >= 11 is 0. The number of benzene rings is 2. The van der Waals surface area contributed by atoms with Gasteiger partial charge in [-0.2, -0.15) is 0 Å². The molecule has 0 heterocycles. The van der Waals surface area contributed by atoms with Crippen LogP contribution < -0.4 is 5.48 Å². The van der Waals surface area contributed by atoms with E-state index in [1.807, 2.05) is 6.07 Å². The summed E-state index contributed by atoms with van der Waals surface area (Å²) in [6.45, 7) is 0. The van der Waals surface area contributed by atoms with E-state index in [1.54, 1.807) is 24.3 Å². The fourth-order valence-corrected chi connectivity index (χ4v) is 1.47. The molecule has 0 aliphatic carbocycles. The maximum absolute atomic E-state index is 13.3. The van der Waals surface area contributed by atoms with E-state index in [0.29, 0.717) is 5.69 Å². The zero-order valence-electron chi connectivity index (χ0n) is 10.3. The highest BCUT2D eigenvalue weighted by atomic mass is 19.1. The van der Waals surface area contributed by atoms with Gasteiger partial charge >= 0.3 is 5.97 Å². The molecule has 0 spiro atoms. The molecule has 0 aromatic heterocycles. The number of hydrogen-bond donors (Lipinski definition) is 1. The molecule has 0 fully saturated rings. The minimum absolute atomic E-state index is 0.288. The quantitative estimate of drug-likeness (QED) is 0.685. The van der Waals surface area contributed by atoms with E-state index in [4.69, 9.17) is 4.84 Å². The lowest BCUT2D eigenvalue weighted by molar-refractivity contribution is -0.134. The van der Waals surface area contributed by atoms with Gasteiger partial charge < -0.3 is 4.84 Å². The van der Waals surface area contributed by atoms with Crippen molar-refractivity contribution in [2.45, 2.75) is 0 Å². The van der Waals surface area contributed by atoms with Crippen LogP contribution in [0.15, 0.2) is 54.6 Å². The third-order valence-electron chi connectivity index (χ3n) is 2.43. The van der Waals surface area contributed by atoms with Crippen molar-refractivity contribution in [3.05, 3.63) is 71.8 Å². The van der Waals surface area contributed by atoms with Crippen LogP contribution in [0.5, 0.6) is 0 Å². The van der Waals surface area contributed by atoms with E-state index in [1.165, 1.54) is 6.07 Å². The van der Waals surface area contributed by atoms with E-state index in [-0.39, 0.29) is 5.56 Å². The van der Waals surface area contributed by atoms with Gasteiger partial charge in [-0.25, -0.2) is 19.1 Å². The van der Waals surface area contributed by atoms with E-state index >= 15 is 0 Å². The van der Waals surface area contributed by atoms with Gasteiger partial charge in [0.15, 0.2) is 0 Å². The lowest BCUT2D eigenvalue weighted by Gasteiger charge is -2.04. The Labute approximate surface area is 114 Å². The number of nitrogens with one attached hydrogen (secondary N) is 1. The summed E-state index contributed by atoms with van der Waals surface area (Å²) in [7, 11) is 0. The molecule has 0 aliphatic rings. The average molecular weight is 275 g/mol. The average Bonchev–Trinajstić information content (AvgIpc) is 2.46. The fourth-order valence-electron chi connectivity index (χ4n) is 1.47. The predicted molar refractivity (Wildman–Crippen MR) is 71.5 cm³/mol. The third-order valence-corrected chi connectivity index (χ3v) is 2.43. The van der Waals surface area contributed by atoms with Crippen LogP contribution in [0.1, 0.15) is 5.56 Å². The minimum atomic E-state index is -0.767. The molecule has 0 atom stereocenters. The summed E-state index contributed by atoms with van der Waals surface area (Å²) in [5, 5.41) is 0. The molecule has 0 saturated heterocycles. The molecular formula is C15H11F2NO2. The molecule has 3 nitrogen and oxygen atoms in total. The first-order valence-corrected chi connectivity index (χ1v) is 5.81. The molecule has 0 saturated carbocycles. The van der Waals surface area contributed by atoms with Crippen LogP contribution in [0.3, 0.4) is 0 Å². The molecule has 102 valence electrons. The van der Waals surface area contributed by atoms with Crippen molar-refractivity contribution in [1.82, 2.24) is 0 Å². The van der Waals surface area contributed by atoms with E-state index in [0.717, 1.165) is 24.3 Å². The largest absolute Gasteiger partial charge is 0.355 e. The monoisotopic (exact) mass is 275 g/mol. The van der Waals surface area contributed by atoms with Crippen molar-refractivity contribution in [2.24, 2.45) is 0 Å². The molecule has 20 heavy (non-hydrogen) atoms. The molecule has 1 N–H and O–H groups in total. The maximum Gasteiger partial charge on any atom is 0.355 e. The Morgan fingerprint density at radius 1 is 1.00 bits per heavy atom. The molecule has 0 aliphatic heterocycles. The molecule has 5 heteroatoms. The van der Waals surface area contributed by atoms with Crippen molar-refractivity contribution in [2.75, 3.05) is 5.48 Å². The van der Waals surface area contributed by atoms with E-state index in [9.17, 15) is 13.6 Å². The van der Waals surface area contributed by atoms with Crippen molar-refractivity contribution in [3.63, 3.8) is 0 Å². The van der Waals surface area contributed by atoms with Crippen LogP contribution in [0.4, 0.5) is 14.5 Å². The molecule has 0 radical (unpaired) electrons. The summed E-state index contributed by atoms with van der Waals surface area (Å²) in [4.78, 5) is 16.1. The zero-order valence-corrected chi connectivity index (χ0v) is 10.3. The summed E-state index contributed by atoms with van der Waals surface area (Å²) < 4.78 is 26.6. The van der Waals surface area contributed by atoms with Crippen LogP contribution in [0.25, 0.3) is 6.08 Å². The van der Waals surface area contributed by atoms with Gasteiger partial charge in [0.05, 0.1) is 5.69 Å². The number of carbonyl (C=O) groups excluding carboxylic acids is 1. The summed E-state index contributed by atoms with van der Waals surface area (Å²) in [6.07, 6.45) is 1.97. The van der Waals surface area contributed by atoms with Gasteiger partial charge in [0.1, 0.15) is 11.6 Å². The van der Waals surface area contributed by atoms with E-state index in [2.05, 4.69) is 5.48 Å². The van der Waals surface area contributed by atoms with Gasteiger partial charge in [-0.1, -0.05) is 24.3 Å². The van der Waals surface area contributed by atoms with Crippen LogP contribution >= 0.6 is 0 Å². The molecule has 2 aromatic carbocycles. The highest BCUT2D eigenvalue weighted by Gasteiger charge is 2.05. The Kier molecular flexibility index (Phi) is 4.44. The fraction of sp³-hybridized carbons (Fsp3) is 0. The Morgan fingerprint density at radius 3 is 2.30 bits per heavy atom. The van der Waals surface area contributed by atoms with Gasteiger partial charge in [-0.15, -0.1) is 0 Å². The number of rotatable bonds is 4. The van der Waals surface area contributed by atoms with Gasteiger partial charge in [0, 0.05) is 11.6 Å². The molecule has 2 rings (SSSR count). The van der Waals surface area contributed by atoms with Crippen molar-refractivity contribution in [1.29, 1.82) is 0 Å². The number of carbonyl (C=O) groups is 1. The second kappa shape index (κ2) is 6.47. The number of halogens is 2. The van der Waals surface area contributed by atoms with Crippen LogP contribution in [0, 0.1) is 11.6 Å². The standard InChI is InChI=1S/C15H11F2NO2/c16-13-7-4-8-14(17)12(13)9-10-15(19)20-18-11-5-2-1-3-6-11/h1-10,18H. The Bertz CT molecular complexity index is 607. The topological polar surface area (TPSA) is 38.3 Å². The van der Waals surface area contributed by atoms with Crippen LogP contribution in [-0.4, -0.2) is 5.97 Å². The summed E-state index contributed by atoms with van der Waals surface area (Å²) in [6, 6.07) is 12.2. The van der Waals surface area contributed by atoms with Gasteiger partial charge in [-0.3, -0.25) is 0 Å². The third kappa shape index (κ3) is 3.65. The predicted octanol–water partition coefficient (Wildman–Crippen LogP) is 3.55. The lowest BCUT2D eigenvalue weighted by Crippen LogP contribution is -2.07. The lowest BCUT2D eigenvalue weighted by atomic mass is 10.2. The first kappa shape index (κ1) is 13.7. The first-order chi connectivity index (χ1) is 9.66. The zero-order chi connectivity index (χ0) is 14.4. The minimum Gasteiger partial charge on any atom is -0.339 e. The Morgan fingerprint density at radius 2 is 1.65 bits per heavy atom. The molecule has 0 bridgehead atoms. The van der Waals surface area contributed by atoms with Gasteiger partial charge in [0.25, 0.3) is 0 Å². The maximum atomic E-state index is 13.3. The summed E-state index contributed by atoms with van der Waals surface area (Å²) in [5.74, 6) is -2.26. The van der Waals surface area contributed by atoms with Gasteiger partial charge in [-0.05, 0) is 30.3 Å². The SMILES string of the molecule is O=C(C=Cc1c(F)cccc1F)ONc1ccccc1.